The van der Waals surface area contributed by atoms with Gasteiger partial charge in [-0.15, -0.1) is 11.3 Å². The van der Waals surface area contributed by atoms with E-state index in [9.17, 15) is 0 Å². The van der Waals surface area contributed by atoms with Gasteiger partial charge in [0, 0.05) is 24.5 Å². The van der Waals surface area contributed by atoms with Gasteiger partial charge in [-0.1, -0.05) is 6.07 Å². The number of rotatable bonds is 5. The van der Waals surface area contributed by atoms with Crippen LogP contribution in [0.3, 0.4) is 0 Å². The van der Waals surface area contributed by atoms with Crippen molar-refractivity contribution in [3.63, 3.8) is 0 Å². The van der Waals surface area contributed by atoms with Crippen molar-refractivity contribution in [2.75, 3.05) is 20.0 Å². The van der Waals surface area contributed by atoms with Crippen molar-refractivity contribution < 1.29 is 14.2 Å². The minimum absolute atomic E-state index is 0.283. The lowest BCUT2D eigenvalue weighted by atomic mass is 10.00. The Morgan fingerprint density at radius 2 is 2.04 bits per heavy atom. The molecule has 5 rings (SSSR count). The third-order valence-electron chi connectivity index (χ3n) is 4.94. The number of hydrogen-bond donors (Lipinski definition) is 0. The highest BCUT2D eigenvalue weighted by Gasteiger charge is 2.23. The highest BCUT2D eigenvalue weighted by molar-refractivity contribution is 7.07. The van der Waals surface area contributed by atoms with Crippen molar-refractivity contribution in [1.29, 1.82) is 0 Å². The summed E-state index contributed by atoms with van der Waals surface area (Å²) in [6, 6.07) is 6.02. The van der Waals surface area contributed by atoms with Crippen LogP contribution in [0.5, 0.6) is 11.5 Å². The lowest BCUT2D eigenvalue weighted by Gasteiger charge is -2.18. The SMILES string of the molecule is c1nc(Cc2nc(C3CCOCC3)nn2Cc2ccc3c(c2)OCO3)cs1. The van der Waals surface area contributed by atoms with Gasteiger partial charge in [0.2, 0.25) is 6.79 Å². The van der Waals surface area contributed by atoms with Crippen molar-refractivity contribution in [1.82, 2.24) is 19.7 Å². The molecule has 1 fully saturated rings. The first kappa shape index (κ1) is 16.7. The van der Waals surface area contributed by atoms with Gasteiger partial charge in [-0.25, -0.2) is 14.6 Å². The summed E-state index contributed by atoms with van der Waals surface area (Å²) in [6.07, 6.45) is 2.64. The molecule has 0 amide bonds. The van der Waals surface area contributed by atoms with E-state index in [1.54, 1.807) is 11.3 Å². The molecule has 0 atom stereocenters. The van der Waals surface area contributed by atoms with Crippen molar-refractivity contribution >= 4 is 11.3 Å². The van der Waals surface area contributed by atoms with E-state index in [0.29, 0.717) is 18.9 Å². The minimum atomic E-state index is 0.283. The minimum Gasteiger partial charge on any atom is -0.454 e. The number of hydrogen-bond acceptors (Lipinski definition) is 7. The van der Waals surface area contributed by atoms with E-state index in [2.05, 4.69) is 16.4 Å². The zero-order valence-corrected chi connectivity index (χ0v) is 15.7. The summed E-state index contributed by atoms with van der Waals surface area (Å²) in [4.78, 5) is 9.29. The van der Waals surface area contributed by atoms with Crippen LogP contribution in [0.25, 0.3) is 0 Å². The van der Waals surface area contributed by atoms with Crippen molar-refractivity contribution in [3.8, 4) is 11.5 Å². The van der Waals surface area contributed by atoms with E-state index in [0.717, 1.165) is 60.5 Å². The van der Waals surface area contributed by atoms with Crippen LogP contribution in [-0.4, -0.2) is 39.8 Å². The normalized spacial score (nSPS) is 16.7. The molecule has 0 bridgehead atoms. The standard InChI is InChI=1S/C19H20N4O3S/c1-2-16-17(26-12-25-16)7-13(1)9-23-18(8-15-10-27-11-20-15)21-19(22-23)14-3-5-24-6-4-14/h1-2,7,10-11,14H,3-6,8-9,12H2. The van der Waals surface area contributed by atoms with Crippen LogP contribution in [0, 0.1) is 0 Å². The van der Waals surface area contributed by atoms with E-state index in [4.69, 9.17) is 24.3 Å². The number of thiazole rings is 1. The van der Waals surface area contributed by atoms with E-state index >= 15 is 0 Å². The predicted octanol–water partition coefficient (Wildman–Crippen LogP) is 3.00. The quantitative estimate of drug-likeness (QED) is 0.673. The molecule has 1 aromatic carbocycles. The van der Waals surface area contributed by atoms with Crippen molar-refractivity contribution in [3.05, 3.63) is 52.0 Å². The molecular weight excluding hydrogens is 364 g/mol. The van der Waals surface area contributed by atoms with Gasteiger partial charge in [0.25, 0.3) is 0 Å². The first-order chi connectivity index (χ1) is 13.3. The molecule has 3 aromatic rings. The summed E-state index contributed by atoms with van der Waals surface area (Å²) < 4.78 is 18.4. The molecule has 0 saturated carbocycles. The highest BCUT2D eigenvalue weighted by Crippen LogP contribution is 2.33. The van der Waals surface area contributed by atoms with E-state index in [-0.39, 0.29) is 6.79 Å². The Hall–Kier alpha value is -2.45. The van der Waals surface area contributed by atoms with Crippen LogP contribution < -0.4 is 9.47 Å². The molecule has 140 valence electrons. The van der Waals surface area contributed by atoms with Gasteiger partial charge in [-0.2, -0.15) is 5.10 Å². The lowest BCUT2D eigenvalue weighted by Crippen LogP contribution is -2.15. The second-order valence-corrected chi connectivity index (χ2v) is 7.49. The molecule has 2 aliphatic heterocycles. The van der Waals surface area contributed by atoms with Crippen LogP contribution in [0.1, 0.15) is 41.7 Å². The van der Waals surface area contributed by atoms with Gasteiger partial charge in [0.15, 0.2) is 17.3 Å². The maximum Gasteiger partial charge on any atom is 0.231 e. The van der Waals surface area contributed by atoms with Gasteiger partial charge >= 0.3 is 0 Å². The topological polar surface area (TPSA) is 71.3 Å². The Morgan fingerprint density at radius 3 is 2.89 bits per heavy atom. The Kier molecular flexibility index (Phi) is 4.51. The fourth-order valence-electron chi connectivity index (χ4n) is 3.48. The summed E-state index contributed by atoms with van der Waals surface area (Å²) in [6.45, 7) is 2.49. The van der Waals surface area contributed by atoms with Crippen LogP contribution in [-0.2, 0) is 17.7 Å². The second kappa shape index (κ2) is 7.28. The molecule has 8 heteroatoms. The molecule has 0 radical (unpaired) electrons. The summed E-state index contributed by atoms with van der Waals surface area (Å²) in [5.74, 6) is 3.82. The predicted molar refractivity (Wildman–Crippen MR) is 99.4 cm³/mol. The molecule has 2 aliphatic rings. The largest absolute Gasteiger partial charge is 0.454 e. The molecule has 1 saturated heterocycles. The Morgan fingerprint density at radius 1 is 1.15 bits per heavy atom. The Bertz CT molecular complexity index is 919. The molecule has 27 heavy (non-hydrogen) atoms. The molecule has 0 spiro atoms. The van der Waals surface area contributed by atoms with Gasteiger partial charge < -0.3 is 14.2 Å². The van der Waals surface area contributed by atoms with Crippen LogP contribution in [0.2, 0.25) is 0 Å². The van der Waals surface area contributed by atoms with E-state index in [1.807, 2.05) is 22.3 Å². The smallest absolute Gasteiger partial charge is 0.231 e. The Labute approximate surface area is 160 Å². The number of benzene rings is 1. The third kappa shape index (κ3) is 3.54. The van der Waals surface area contributed by atoms with Gasteiger partial charge in [0.1, 0.15) is 5.82 Å². The first-order valence-corrected chi connectivity index (χ1v) is 10.1. The molecule has 7 nitrogen and oxygen atoms in total. The number of nitrogens with zero attached hydrogens (tertiary/aromatic N) is 4. The fourth-order valence-corrected chi connectivity index (χ4v) is 4.04. The molecule has 0 aliphatic carbocycles. The number of fused-ring (bicyclic) bond motifs is 1. The van der Waals surface area contributed by atoms with Crippen LogP contribution in [0.15, 0.2) is 29.1 Å². The summed E-state index contributed by atoms with van der Waals surface area (Å²) in [5.41, 5.74) is 3.99. The van der Waals surface area contributed by atoms with Crippen molar-refractivity contribution in [2.24, 2.45) is 0 Å². The summed E-state index contributed by atoms with van der Waals surface area (Å²) in [5, 5.41) is 6.92. The average Bonchev–Trinajstić information content (AvgIpc) is 3.44. The molecule has 4 heterocycles. The molecule has 0 unspecified atom stereocenters. The zero-order chi connectivity index (χ0) is 18.1. The van der Waals surface area contributed by atoms with E-state index in [1.165, 1.54) is 0 Å². The lowest BCUT2D eigenvalue weighted by molar-refractivity contribution is 0.0835. The summed E-state index contributed by atoms with van der Waals surface area (Å²) in [7, 11) is 0. The van der Waals surface area contributed by atoms with Crippen LogP contribution >= 0.6 is 11.3 Å². The molecule has 2 aromatic heterocycles. The number of aromatic nitrogens is 4. The monoisotopic (exact) mass is 384 g/mol. The molecule has 0 N–H and O–H groups in total. The Balaban J connectivity index is 1.44. The van der Waals surface area contributed by atoms with Gasteiger partial charge in [-0.3, -0.25) is 0 Å². The zero-order valence-electron chi connectivity index (χ0n) is 14.8. The van der Waals surface area contributed by atoms with E-state index < -0.39 is 0 Å². The second-order valence-electron chi connectivity index (χ2n) is 6.77. The van der Waals surface area contributed by atoms with Crippen LogP contribution in [0.4, 0.5) is 0 Å². The maximum absolute atomic E-state index is 5.50. The fraction of sp³-hybridized carbons (Fsp3) is 0.421. The highest BCUT2D eigenvalue weighted by atomic mass is 32.1. The number of ether oxygens (including phenoxy) is 3. The summed E-state index contributed by atoms with van der Waals surface area (Å²) >= 11 is 1.60. The van der Waals surface area contributed by atoms with Gasteiger partial charge in [-0.05, 0) is 30.5 Å². The maximum atomic E-state index is 5.50. The first-order valence-electron chi connectivity index (χ1n) is 9.12. The third-order valence-corrected chi connectivity index (χ3v) is 5.58. The average molecular weight is 384 g/mol. The molecular formula is C19H20N4O3S. The van der Waals surface area contributed by atoms with Gasteiger partial charge in [0.05, 0.1) is 24.2 Å². The van der Waals surface area contributed by atoms with Crippen molar-refractivity contribution in [2.45, 2.75) is 31.7 Å².